The Hall–Kier alpha value is -2.19. The molecule has 0 amide bonds. The molecule has 0 aliphatic rings. The summed E-state index contributed by atoms with van der Waals surface area (Å²) in [5, 5.41) is 10.9. The Bertz CT molecular complexity index is 736. The molecule has 1 aromatic carbocycles. The topological polar surface area (TPSA) is 116 Å². The van der Waals surface area contributed by atoms with Crippen molar-refractivity contribution in [1.29, 1.82) is 0 Å². The van der Waals surface area contributed by atoms with Crippen molar-refractivity contribution in [2.24, 2.45) is 5.73 Å². The number of nitro benzene ring substituents is 1. The van der Waals surface area contributed by atoms with Gasteiger partial charge < -0.3 is 10.2 Å². The molecule has 0 unspecified atom stereocenters. The fraction of sp³-hybridized carbons (Fsp3) is 0.167. The number of hydrogen-bond acceptors (Lipinski definition) is 6. The van der Waals surface area contributed by atoms with Gasteiger partial charge in [0.05, 0.1) is 11.5 Å². The maximum Gasteiger partial charge on any atom is 0.287 e. The number of nitro groups is 1. The highest BCUT2D eigenvalue weighted by Gasteiger charge is 2.26. The molecule has 0 aliphatic heterocycles. The van der Waals surface area contributed by atoms with Crippen LogP contribution in [0.1, 0.15) is 11.5 Å². The molecule has 2 N–H and O–H groups in total. The standard InChI is InChI=1S/C12H12N2O5S/c13-7-9-5-6-10(19-9)8-20(17,18)12-4-2-1-3-11(12)14(15)16/h1-6H,7-8,13H2. The van der Waals surface area contributed by atoms with Gasteiger partial charge in [0.15, 0.2) is 9.84 Å². The van der Waals surface area contributed by atoms with Crippen LogP contribution in [0, 0.1) is 10.1 Å². The second-order valence-electron chi connectivity index (χ2n) is 4.06. The highest BCUT2D eigenvalue weighted by Crippen LogP contribution is 2.26. The maximum absolute atomic E-state index is 12.2. The van der Waals surface area contributed by atoms with Crippen LogP contribution in [0.4, 0.5) is 5.69 Å². The molecule has 20 heavy (non-hydrogen) atoms. The van der Waals surface area contributed by atoms with E-state index in [1.54, 1.807) is 6.07 Å². The summed E-state index contributed by atoms with van der Waals surface area (Å²) in [4.78, 5) is 9.83. The lowest BCUT2D eigenvalue weighted by Gasteiger charge is -2.03. The summed E-state index contributed by atoms with van der Waals surface area (Å²) in [7, 11) is -3.86. The Labute approximate surface area is 115 Å². The summed E-state index contributed by atoms with van der Waals surface area (Å²) >= 11 is 0. The number of benzene rings is 1. The van der Waals surface area contributed by atoms with Crippen LogP contribution in [0.3, 0.4) is 0 Å². The molecule has 1 heterocycles. The molecule has 2 aromatic rings. The van der Waals surface area contributed by atoms with Gasteiger partial charge in [-0.15, -0.1) is 0 Å². The van der Waals surface area contributed by atoms with E-state index < -0.39 is 26.2 Å². The molecule has 0 fully saturated rings. The number of nitrogens with two attached hydrogens (primary N) is 1. The van der Waals surface area contributed by atoms with Crippen LogP contribution in [-0.2, 0) is 22.1 Å². The summed E-state index contributed by atoms with van der Waals surface area (Å²) in [6.07, 6.45) is 0. The fourth-order valence-electron chi connectivity index (χ4n) is 1.75. The van der Waals surface area contributed by atoms with E-state index in [1.165, 1.54) is 24.3 Å². The summed E-state index contributed by atoms with van der Waals surface area (Å²) in [5.41, 5.74) is 4.92. The second-order valence-corrected chi connectivity index (χ2v) is 6.01. The quantitative estimate of drug-likeness (QED) is 0.662. The summed E-state index contributed by atoms with van der Waals surface area (Å²) < 4.78 is 29.7. The molecule has 0 saturated heterocycles. The van der Waals surface area contributed by atoms with Crippen molar-refractivity contribution in [2.75, 3.05) is 0 Å². The molecule has 0 radical (unpaired) electrons. The summed E-state index contributed by atoms with van der Waals surface area (Å²) in [5.74, 6) is 0.207. The van der Waals surface area contributed by atoms with Gasteiger partial charge in [0.25, 0.3) is 5.69 Å². The van der Waals surface area contributed by atoms with Crippen LogP contribution in [-0.4, -0.2) is 13.3 Å². The number of rotatable bonds is 5. The third-order valence-corrected chi connectivity index (χ3v) is 4.33. The van der Waals surface area contributed by atoms with E-state index in [1.807, 2.05) is 0 Å². The van der Waals surface area contributed by atoms with Gasteiger partial charge in [0.2, 0.25) is 0 Å². The van der Waals surface area contributed by atoms with E-state index >= 15 is 0 Å². The molecule has 0 bridgehead atoms. The fourth-order valence-corrected chi connectivity index (χ4v) is 3.18. The van der Waals surface area contributed by atoms with E-state index in [0.717, 1.165) is 6.07 Å². The Balaban J connectivity index is 2.38. The summed E-state index contributed by atoms with van der Waals surface area (Å²) in [6.45, 7) is 0.158. The third kappa shape index (κ3) is 2.86. The third-order valence-electron chi connectivity index (χ3n) is 2.65. The van der Waals surface area contributed by atoms with Gasteiger partial charge in [0.1, 0.15) is 22.2 Å². The molecule has 1 aromatic heterocycles. The first-order valence-corrected chi connectivity index (χ1v) is 7.33. The van der Waals surface area contributed by atoms with Crippen LogP contribution < -0.4 is 5.73 Å². The highest BCUT2D eigenvalue weighted by molar-refractivity contribution is 7.90. The molecule has 106 valence electrons. The number of hydrogen-bond donors (Lipinski definition) is 1. The van der Waals surface area contributed by atoms with Gasteiger partial charge in [-0.3, -0.25) is 10.1 Å². The lowest BCUT2D eigenvalue weighted by atomic mass is 10.3. The molecule has 2 rings (SSSR count). The number of nitrogens with zero attached hydrogens (tertiary/aromatic N) is 1. The molecule has 8 heteroatoms. The van der Waals surface area contributed by atoms with Gasteiger partial charge in [-0.2, -0.15) is 0 Å². The minimum Gasteiger partial charge on any atom is -0.464 e. The molecule has 7 nitrogen and oxygen atoms in total. The number of sulfone groups is 1. The predicted molar refractivity (Wildman–Crippen MR) is 70.6 cm³/mol. The van der Waals surface area contributed by atoms with Gasteiger partial charge >= 0.3 is 0 Å². The first-order valence-electron chi connectivity index (χ1n) is 5.68. The molecule has 0 aliphatic carbocycles. The van der Waals surface area contributed by atoms with Crippen molar-refractivity contribution in [1.82, 2.24) is 0 Å². The zero-order valence-electron chi connectivity index (χ0n) is 10.4. The Kier molecular flexibility index (Phi) is 3.86. The van der Waals surface area contributed by atoms with Crippen LogP contribution >= 0.6 is 0 Å². The van der Waals surface area contributed by atoms with Crippen molar-refractivity contribution in [3.05, 3.63) is 58.0 Å². The van der Waals surface area contributed by atoms with Crippen LogP contribution in [0.5, 0.6) is 0 Å². The second kappa shape index (κ2) is 5.43. The highest BCUT2D eigenvalue weighted by atomic mass is 32.2. The lowest BCUT2D eigenvalue weighted by molar-refractivity contribution is -0.387. The van der Waals surface area contributed by atoms with E-state index in [-0.39, 0.29) is 17.2 Å². The van der Waals surface area contributed by atoms with Gasteiger partial charge in [0, 0.05) is 6.07 Å². The van der Waals surface area contributed by atoms with E-state index in [0.29, 0.717) is 5.76 Å². The van der Waals surface area contributed by atoms with Crippen molar-refractivity contribution >= 4 is 15.5 Å². The van der Waals surface area contributed by atoms with E-state index in [9.17, 15) is 18.5 Å². The van der Waals surface area contributed by atoms with Gasteiger partial charge in [-0.25, -0.2) is 8.42 Å². The minimum absolute atomic E-state index is 0.158. The lowest BCUT2D eigenvalue weighted by Crippen LogP contribution is -2.07. The molecule has 0 atom stereocenters. The number of para-hydroxylation sites is 1. The van der Waals surface area contributed by atoms with Crippen LogP contribution in [0.15, 0.2) is 45.7 Å². The van der Waals surface area contributed by atoms with Gasteiger partial charge in [-0.1, -0.05) is 12.1 Å². The SMILES string of the molecule is NCc1ccc(CS(=O)(=O)c2ccccc2[N+](=O)[O-])o1. The Morgan fingerprint density at radius 1 is 1.15 bits per heavy atom. The first-order chi connectivity index (χ1) is 9.44. The summed E-state index contributed by atoms with van der Waals surface area (Å²) in [6, 6.07) is 8.28. The van der Waals surface area contributed by atoms with Crippen LogP contribution in [0.25, 0.3) is 0 Å². The largest absolute Gasteiger partial charge is 0.464 e. The maximum atomic E-state index is 12.2. The van der Waals surface area contributed by atoms with E-state index in [2.05, 4.69) is 0 Å². The van der Waals surface area contributed by atoms with Crippen molar-refractivity contribution in [2.45, 2.75) is 17.2 Å². The Morgan fingerprint density at radius 2 is 1.80 bits per heavy atom. The van der Waals surface area contributed by atoms with Gasteiger partial charge in [-0.05, 0) is 18.2 Å². The average Bonchev–Trinajstić information content (AvgIpc) is 2.85. The monoisotopic (exact) mass is 296 g/mol. The van der Waals surface area contributed by atoms with Crippen molar-refractivity contribution in [3.8, 4) is 0 Å². The molecular weight excluding hydrogens is 284 g/mol. The molecular formula is C12H12N2O5S. The van der Waals surface area contributed by atoms with Crippen LogP contribution in [0.2, 0.25) is 0 Å². The van der Waals surface area contributed by atoms with Crippen molar-refractivity contribution in [3.63, 3.8) is 0 Å². The molecule has 0 saturated carbocycles. The van der Waals surface area contributed by atoms with E-state index in [4.69, 9.17) is 10.2 Å². The van der Waals surface area contributed by atoms with Crippen molar-refractivity contribution < 1.29 is 17.8 Å². The zero-order valence-corrected chi connectivity index (χ0v) is 11.2. The zero-order chi connectivity index (χ0) is 14.8. The number of furan rings is 1. The minimum atomic E-state index is -3.86. The first kappa shape index (κ1) is 14.2. The average molecular weight is 296 g/mol. The smallest absolute Gasteiger partial charge is 0.287 e. The Morgan fingerprint density at radius 3 is 2.40 bits per heavy atom. The normalized spacial score (nSPS) is 11.4. The molecule has 0 spiro atoms. The predicted octanol–water partition coefficient (Wildman–Crippen LogP) is 1.62.